The number of hydrogen-bond acceptors (Lipinski definition) is 2. The Kier molecular flexibility index (Phi) is 4.02. The third-order valence-corrected chi connectivity index (χ3v) is 2.69. The van der Waals surface area contributed by atoms with Gasteiger partial charge in [-0.3, -0.25) is 0 Å². The number of methoxy groups -OCH3 is 1. The lowest BCUT2D eigenvalue weighted by atomic mass is 10.1. The van der Waals surface area contributed by atoms with E-state index in [0.717, 1.165) is 25.0 Å². The van der Waals surface area contributed by atoms with Gasteiger partial charge in [0.05, 0.1) is 6.61 Å². The van der Waals surface area contributed by atoms with Crippen LogP contribution in [0.4, 0.5) is 0 Å². The average Bonchev–Trinajstić information content (AvgIpc) is 2.76. The first kappa shape index (κ1) is 10.0. The van der Waals surface area contributed by atoms with Gasteiger partial charge in [-0.15, -0.1) is 0 Å². The number of nitrogens with one attached hydrogen (secondary N) is 1. The second-order valence-electron chi connectivity index (χ2n) is 3.89. The first-order valence-electron chi connectivity index (χ1n) is 5.02. The summed E-state index contributed by atoms with van der Waals surface area (Å²) >= 11 is 0. The van der Waals surface area contributed by atoms with Crippen LogP contribution in [0, 0.1) is 11.8 Å². The normalized spacial score (nSPS) is 30.2. The lowest BCUT2D eigenvalue weighted by Crippen LogP contribution is -2.36. The van der Waals surface area contributed by atoms with Crippen LogP contribution in [-0.2, 0) is 4.74 Å². The molecule has 12 heavy (non-hydrogen) atoms. The zero-order chi connectivity index (χ0) is 8.97. The smallest absolute Gasteiger partial charge is 0.0618 e. The van der Waals surface area contributed by atoms with Gasteiger partial charge in [-0.05, 0) is 31.2 Å². The van der Waals surface area contributed by atoms with Crippen LogP contribution in [-0.4, -0.2) is 26.3 Å². The molecule has 1 saturated carbocycles. The summed E-state index contributed by atoms with van der Waals surface area (Å²) in [5.41, 5.74) is 0. The van der Waals surface area contributed by atoms with E-state index in [9.17, 15) is 0 Å². The molecule has 3 unspecified atom stereocenters. The van der Waals surface area contributed by atoms with E-state index in [0.29, 0.717) is 6.04 Å². The predicted molar refractivity (Wildman–Crippen MR) is 51.2 cm³/mol. The molecule has 0 aromatic carbocycles. The van der Waals surface area contributed by atoms with Crippen molar-refractivity contribution in [3.63, 3.8) is 0 Å². The highest BCUT2D eigenvalue weighted by Crippen LogP contribution is 2.40. The largest absolute Gasteiger partial charge is 0.383 e. The lowest BCUT2D eigenvalue weighted by molar-refractivity contribution is 0.156. The zero-order valence-electron chi connectivity index (χ0n) is 8.47. The molecule has 2 nitrogen and oxygen atoms in total. The molecule has 0 spiro atoms. The second kappa shape index (κ2) is 4.83. The second-order valence-corrected chi connectivity index (χ2v) is 3.89. The Labute approximate surface area is 75.7 Å². The Morgan fingerprint density at radius 2 is 2.25 bits per heavy atom. The molecule has 2 heteroatoms. The third kappa shape index (κ3) is 2.76. The van der Waals surface area contributed by atoms with E-state index in [2.05, 4.69) is 19.2 Å². The molecule has 0 bridgehead atoms. The summed E-state index contributed by atoms with van der Waals surface area (Å²) in [7, 11) is 1.79. The van der Waals surface area contributed by atoms with E-state index < -0.39 is 0 Å². The standard InChI is InChI=1S/C10H21NO/c1-4-5-11-10(7-12-3)9-6-8(9)2/h8-11H,4-7H2,1-3H3. The molecule has 1 aliphatic rings. The van der Waals surface area contributed by atoms with Crippen LogP contribution in [0.3, 0.4) is 0 Å². The van der Waals surface area contributed by atoms with Crippen molar-refractivity contribution < 1.29 is 4.74 Å². The van der Waals surface area contributed by atoms with Crippen molar-refractivity contribution in [2.75, 3.05) is 20.3 Å². The number of hydrogen-bond donors (Lipinski definition) is 1. The maximum absolute atomic E-state index is 5.19. The molecule has 72 valence electrons. The molecular weight excluding hydrogens is 150 g/mol. The number of rotatable bonds is 6. The summed E-state index contributed by atoms with van der Waals surface area (Å²) in [6, 6.07) is 0.602. The van der Waals surface area contributed by atoms with Crippen LogP contribution >= 0.6 is 0 Å². The first-order chi connectivity index (χ1) is 5.79. The van der Waals surface area contributed by atoms with Gasteiger partial charge in [0, 0.05) is 13.2 Å². The molecule has 0 heterocycles. The summed E-state index contributed by atoms with van der Waals surface area (Å²) in [5, 5.41) is 3.54. The highest BCUT2D eigenvalue weighted by atomic mass is 16.5. The summed E-state index contributed by atoms with van der Waals surface area (Å²) in [5.74, 6) is 1.78. The molecule has 0 radical (unpaired) electrons. The molecule has 0 aromatic rings. The fourth-order valence-corrected chi connectivity index (χ4v) is 1.75. The van der Waals surface area contributed by atoms with Gasteiger partial charge in [-0.2, -0.15) is 0 Å². The lowest BCUT2D eigenvalue weighted by Gasteiger charge is -2.16. The van der Waals surface area contributed by atoms with Gasteiger partial charge in [0.25, 0.3) is 0 Å². The van der Waals surface area contributed by atoms with Crippen molar-refractivity contribution in [3.05, 3.63) is 0 Å². The van der Waals surface area contributed by atoms with Crippen molar-refractivity contribution in [2.45, 2.75) is 32.7 Å². The van der Waals surface area contributed by atoms with Crippen LogP contribution in [0.1, 0.15) is 26.7 Å². The summed E-state index contributed by atoms with van der Waals surface area (Å²) in [4.78, 5) is 0. The van der Waals surface area contributed by atoms with Gasteiger partial charge < -0.3 is 10.1 Å². The van der Waals surface area contributed by atoms with Crippen molar-refractivity contribution in [1.82, 2.24) is 5.32 Å². The zero-order valence-corrected chi connectivity index (χ0v) is 8.47. The first-order valence-corrected chi connectivity index (χ1v) is 5.02. The van der Waals surface area contributed by atoms with Crippen LogP contribution in [0.15, 0.2) is 0 Å². The number of ether oxygens (including phenoxy) is 1. The molecule has 0 aromatic heterocycles. The van der Waals surface area contributed by atoms with Gasteiger partial charge in [-0.25, -0.2) is 0 Å². The molecule has 0 saturated heterocycles. The van der Waals surface area contributed by atoms with E-state index in [1.54, 1.807) is 7.11 Å². The maximum atomic E-state index is 5.19. The van der Waals surface area contributed by atoms with Crippen molar-refractivity contribution in [1.29, 1.82) is 0 Å². The van der Waals surface area contributed by atoms with Crippen molar-refractivity contribution in [2.24, 2.45) is 11.8 Å². The molecule has 1 N–H and O–H groups in total. The predicted octanol–water partition coefficient (Wildman–Crippen LogP) is 1.66. The monoisotopic (exact) mass is 171 g/mol. The van der Waals surface area contributed by atoms with Gasteiger partial charge in [-0.1, -0.05) is 13.8 Å². The molecule has 1 rings (SSSR count). The molecule has 0 aliphatic heterocycles. The Bertz CT molecular complexity index is 127. The molecule has 3 atom stereocenters. The van der Waals surface area contributed by atoms with Gasteiger partial charge in [0.1, 0.15) is 0 Å². The van der Waals surface area contributed by atoms with Crippen LogP contribution in [0.2, 0.25) is 0 Å². The Balaban J connectivity index is 2.19. The van der Waals surface area contributed by atoms with Crippen molar-refractivity contribution in [3.8, 4) is 0 Å². The Morgan fingerprint density at radius 1 is 1.58 bits per heavy atom. The summed E-state index contributed by atoms with van der Waals surface area (Å²) < 4.78 is 5.19. The molecule has 0 amide bonds. The van der Waals surface area contributed by atoms with Crippen LogP contribution in [0.25, 0.3) is 0 Å². The minimum absolute atomic E-state index is 0.602. The summed E-state index contributed by atoms with van der Waals surface area (Å²) in [6.07, 6.45) is 2.59. The van der Waals surface area contributed by atoms with Gasteiger partial charge in [0.2, 0.25) is 0 Å². The minimum Gasteiger partial charge on any atom is -0.383 e. The van der Waals surface area contributed by atoms with Crippen molar-refractivity contribution >= 4 is 0 Å². The maximum Gasteiger partial charge on any atom is 0.0618 e. The van der Waals surface area contributed by atoms with E-state index in [1.165, 1.54) is 12.8 Å². The van der Waals surface area contributed by atoms with E-state index >= 15 is 0 Å². The summed E-state index contributed by atoms with van der Waals surface area (Å²) in [6.45, 7) is 6.51. The molecule has 1 aliphatic carbocycles. The third-order valence-electron chi connectivity index (χ3n) is 2.69. The molecular formula is C10H21NO. The highest BCUT2D eigenvalue weighted by Gasteiger charge is 2.38. The van der Waals surface area contributed by atoms with Gasteiger partial charge in [0.15, 0.2) is 0 Å². The quantitative estimate of drug-likeness (QED) is 0.656. The van der Waals surface area contributed by atoms with E-state index in [1.807, 2.05) is 0 Å². The molecule has 1 fully saturated rings. The minimum atomic E-state index is 0.602. The highest BCUT2D eigenvalue weighted by molar-refractivity contribution is 4.92. The Hall–Kier alpha value is -0.0800. The SMILES string of the molecule is CCCNC(COC)C1CC1C. The van der Waals surface area contributed by atoms with Gasteiger partial charge >= 0.3 is 0 Å². The van der Waals surface area contributed by atoms with Crippen LogP contribution in [0.5, 0.6) is 0 Å². The fourth-order valence-electron chi connectivity index (χ4n) is 1.75. The van der Waals surface area contributed by atoms with Crippen LogP contribution < -0.4 is 5.32 Å². The fraction of sp³-hybridized carbons (Fsp3) is 1.00. The average molecular weight is 171 g/mol. The Morgan fingerprint density at radius 3 is 2.67 bits per heavy atom. The van der Waals surface area contributed by atoms with E-state index in [4.69, 9.17) is 4.74 Å². The topological polar surface area (TPSA) is 21.3 Å². The van der Waals surface area contributed by atoms with E-state index in [-0.39, 0.29) is 0 Å².